The summed E-state index contributed by atoms with van der Waals surface area (Å²) in [5.74, 6) is 1.07. The second kappa shape index (κ2) is 4.34. The molecule has 3 rings (SSSR count). The van der Waals surface area contributed by atoms with Crippen molar-refractivity contribution in [3.05, 3.63) is 17.6 Å². The van der Waals surface area contributed by atoms with E-state index in [0.717, 1.165) is 13.0 Å². The van der Waals surface area contributed by atoms with Crippen LogP contribution in [0.25, 0.3) is 11.6 Å². The zero-order valence-corrected chi connectivity index (χ0v) is 9.84. The maximum absolute atomic E-state index is 11.1. The van der Waals surface area contributed by atoms with Gasteiger partial charge in [-0.2, -0.15) is 10.1 Å². The van der Waals surface area contributed by atoms with E-state index < -0.39 is 0 Å². The van der Waals surface area contributed by atoms with E-state index in [4.69, 9.17) is 9.26 Å². The van der Waals surface area contributed by atoms with Crippen molar-refractivity contribution in [2.75, 3.05) is 13.2 Å². The van der Waals surface area contributed by atoms with Crippen molar-refractivity contribution in [3.63, 3.8) is 0 Å². The number of ether oxygens (including phenoxy) is 1. The predicted octanol–water partition coefficient (Wildman–Crippen LogP) is 1.17. The molecule has 7 heteroatoms. The Morgan fingerprint density at radius 3 is 3.11 bits per heavy atom. The molecule has 1 aliphatic rings. The fraction of sp³-hybridized carbons (Fsp3) is 0.455. The highest BCUT2D eigenvalue weighted by Gasteiger charge is 2.24. The molecule has 1 fully saturated rings. The normalized spacial score (nSPS) is 19.3. The predicted molar refractivity (Wildman–Crippen MR) is 60.1 cm³/mol. The molecule has 1 saturated heterocycles. The van der Waals surface area contributed by atoms with Gasteiger partial charge in [-0.3, -0.25) is 9.89 Å². The zero-order valence-electron chi connectivity index (χ0n) is 9.84. The van der Waals surface area contributed by atoms with Gasteiger partial charge < -0.3 is 9.26 Å². The van der Waals surface area contributed by atoms with Crippen molar-refractivity contribution in [3.8, 4) is 11.6 Å². The van der Waals surface area contributed by atoms with E-state index >= 15 is 0 Å². The Kier molecular flexibility index (Phi) is 2.67. The largest absolute Gasteiger partial charge is 0.381 e. The molecule has 94 valence electrons. The first-order valence-electron chi connectivity index (χ1n) is 5.72. The number of carbonyl (C=O) groups is 1. The molecule has 7 nitrogen and oxygen atoms in total. The van der Waals surface area contributed by atoms with Gasteiger partial charge in [0.2, 0.25) is 0 Å². The van der Waals surface area contributed by atoms with Gasteiger partial charge in [0.25, 0.3) is 5.89 Å². The number of rotatable bonds is 3. The van der Waals surface area contributed by atoms with Crippen LogP contribution in [0.1, 0.15) is 35.6 Å². The lowest BCUT2D eigenvalue weighted by molar-refractivity contribution is 0.101. The van der Waals surface area contributed by atoms with Crippen LogP contribution in [-0.4, -0.2) is 39.3 Å². The maximum Gasteiger partial charge on any atom is 0.275 e. The number of aromatic amines is 1. The number of hydrogen-bond donors (Lipinski definition) is 1. The van der Waals surface area contributed by atoms with Crippen molar-refractivity contribution in [1.82, 2.24) is 20.3 Å². The molecule has 2 aromatic rings. The van der Waals surface area contributed by atoms with Crippen LogP contribution in [0.2, 0.25) is 0 Å². The molecule has 18 heavy (non-hydrogen) atoms. The van der Waals surface area contributed by atoms with Gasteiger partial charge in [0.15, 0.2) is 11.6 Å². The number of nitrogens with one attached hydrogen (secondary N) is 1. The topological polar surface area (TPSA) is 93.9 Å². The van der Waals surface area contributed by atoms with Gasteiger partial charge in [0.1, 0.15) is 11.4 Å². The van der Waals surface area contributed by atoms with E-state index in [9.17, 15) is 4.79 Å². The molecule has 0 spiro atoms. The van der Waals surface area contributed by atoms with Crippen molar-refractivity contribution in [2.24, 2.45) is 0 Å². The lowest BCUT2D eigenvalue weighted by Crippen LogP contribution is -1.99. The lowest BCUT2D eigenvalue weighted by atomic mass is 10.1. The number of ketones is 1. The monoisotopic (exact) mass is 248 g/mol. The number of Topliss-reactive ketones (excluding diaryl/α,β-unsaturated/α-hetero) is 1. The molecule has 0 radical (unpaired) electrons. The van der Waals surface area contributed by atoms with Crippen molar-refractivity contribution >= 4 is 5.78 Å². The minimum Gasteiger partial charge on any atom is -0.381 e. The van der Waals surface area contributed by atoms with Crippen LogP contribution in [0.4, 0.5) is 0 Å². The van der Waals surface area contributed by atoms with E-state index in [1.165, 1.54) is 6.92 Å². The molecule has 2 aromatic heterocycles. The smallest absolute Gasteiger partial charge is 0.275 e. The van der Waals surface area contributed by atoms with Crippen LogP contribution in [0, 0.1) is 0 Å². The second-order valence-electron chi connectivity index (χ2n) is 4.24. The summed E-state index contributed by atoms with van der Waals surface area (Å²) >= 11 is 0. The molecule has 0 aliphatic carbocycles. The van der Waals surface area contributed by atoms with Gasteiger partial charge in [-0.05, 0) is 12.5 Å². The summed E-state index contributed by atoms with van der Waals surface area (Å²) in [6.07, 6.45) is 0.903. The average molecular weight is 248 g/mol. The number of H-pyrrole nitrogens is 1. The highest BCUT2D eigenvalue weighted by Crippen LogP contribution is 2.25. The zero-order chi connectivity index (χ0) is 12.5. The van der Waals surface area contributed by atoms with E-state index in [1.54, 1.807) is 6.07 Å². The summed E-state index contributed by atoms with van der Waals surface area (Å²) in [4.78, 5) is 15.4. The van der Waals surface area contributed by atoms with Crippen LogP contribution in [0.3, 0.4) is 0 Å². The van der Waals surface area contributed by atoms with Gasteiger partial charge in [-0.15, -0.1) is 0 Å². The standard InChI is InChI=1S/C11H12N4O3/c1-6(16)8-4-9(14-13-8)11-12-10(15-18-11)7-2-3-17-5-7/h4,7H,2-3,5H2,1H3,(H,13,14). The second-order valence-corrected chi connectivity index (χ2v) is 4.24. The Morgan fingerprint density at radius 1 is 1.56 bits per heavy atom. The van der Waals surface area contributed by atoms with Gasteiger partial charge in [-0.1, -0.05) is 5.16 Å². The Labute approximate surface area is 103 Å². The van der Waals surface area contributed by atoms with Crippen LogP contribution in [-0.2, 0) is 4.74 Å². The van der Waals surface area contributed by atoms with Crippen LogP contribution in [0.5, 0.6) is 0 Å². The summed E-state index contributed by atoms with van der Waals surface area (Å²) in [5, 5.41) is 10.5. The third-order valence-corrected chi connectivity index (χ3v) is 2.91. The lowest BCUT2D eigenvalue weighted by Gasteiger charge is -1.97. The minimum absolute atomic E-state index is 0.110. The Hall–Kier alpha value is -2.02. The Balaban J connectivity index is 1.85. The van der Waals surface area contributed by atoms with Crippen LogP contribution >= 0.6 is 0 Å². The van der Waals surface area contributed by atoms with Crippen LogP contribution < -0.4 is 0 Å². The maximum atomic E-state index is 11.1. The first-order valence-corrected chi connectivity index (χ1v) is 5.72. The third kappa shape index (κ3) is 1.92. The summed E-state index contributed by atoms with van der Waals surface area (Å²) in [5.41, 5.74) is 0.909. The summed E-state index contributed by atoms with van der Waals surface area (Å²) in [7, 11) is 0. The number of nitrogens with zero attached hydrogens (tertiary/aromatic N) is 3. The fourth-order valence-corrected chi connectivity index (χ4v) is 1.86. The molecular weight excluding hydrogens is 236 g/mol. The molecule has 1 aliphatic heterocycles. The SMILES string of the molecule is CC(=O)c1cc(-c2nc(C3CCOC3)no2)[nH]n1. The van der Waals surface area contributed by atoms with E-state index in [2.05, 4.69) is 20.3 Å². The summed E-state index contributed by atoms with van der Waals surface area (Å²) in [6, 6.07) is 1.60. The molecule has 1 N–H and O–H groups in total. The molecule has 1 atom stereocenters. The molecule has 3 heterocycles. The first kappa shape index (κ1) is 11.1. The Bertz CT molecular complexity index is 568. The Morgan fingerprint density at radius 2 is 2.44 bits per heavy atom. The summed E-state index contributed by atoms with van der Waals surface area (Å²) in [6.45, 7) is 2.81. The first-order chi connectivity index (χ1) is 8.74. The quantitative estimate of drug-likeness (QED) is 0.819. The van der Waals surface area contributed by atoms with Gasteiger partial charge in [0.05, 0.1) is 6.61 Å². The minimum atomic E-state index is -0.110. The van der Waals surface area contributed by atoms with Gasteiger partial charge in [0, 0.05) is 19.4 Å². The molecule has 0 amide bonds. The molecule has 0 aromatic carbocycles. The average Bonchev–Trinajstić information content (AvgIpc) is 3.10. The molecule has 0 saturated carbocycles. The number of aromatic nitrogens is 4. The van der Waals surface area contributed by atoms with Crippen molar-refractivity contribution in [1.29, 1.82) is 0 Å². The molecule has 1 unspecified atom stereocenters. The van der Waals surface area contributed by atoms with E-state index in [0.29, 0.717) is 29.7 Å². The summed E-state index contributed by atoms with van der Waals surface area (Å²) < 4.78 is 10.4. The number of carbonyl (C=O) groups excluding carboxylic acids is 1. The third-order valence-electron chi connectivity index (χ3n) is 2.91. The van der Waals surface area contributed by atoms with Crippen molar-refractivity contribution in [2.45, 2.75) is 19.3 Å². The van der Waals surface area contributed by atoms with Gasteiger partial charge in [-0.25, -0.2) is 0 Å². The van der Waals surface area contributed by atoms with Crippen molar-refractivity contribution < 1.29 is 14.1 Å². The molecular formula is C11H12N4O3. The van der Waals surface area contributed by atoms with E-state index in [-0.39, 0.29) is 11.7 Å². The highest BCUT2D eigenvalue weighted by molar-refractivity contribution is 5.92. The fourth-order valence-electron chi connectivity index (χ4n) is 1.86. The molecule has 0 bridgehead atoms. The van der Waals surface area contributed by atoms with E-state index in [1.807, 2.05) is 0 Å². The van der Waals surface area contributed by atoms with Gasteiger partial charge >= 0.3 is 0 Å². The van der Waals surface area contributed by atoms with Crippen LogP contribution in [0.15, 0.2) is 10.6 Å². The highest BCUT2D eigenvalue weighted by atomic mass is 16.5. The number of hydrogen-bond acceptors (Lipinski definition) is 6.